The Morgan fingerprint density at radius 1 is 1.40 bits per heavy atom. The molecule has 0 aromatic heterocycles. The molecule has 112 valence electrons. The highest BCUT2D eigenvalue weighted by Crippen LogP contribution is 2.40. The average Bonchev–Trinajstić information content (AvgIpc) is 2.42. The maximum absolute atomic E-state index is 6.45. The summed E-state index contributed by atoms with van der Waals surface area (Å²) in [5.41, 5.74) is 7.46. The number of halogens is 1. The van der Waals surface area contributed by atoms with Gasteiger partial charge < -0.3 is 5.73 Å². The van der Waals surface area contributed by atoms with Gasteiger partial charge in [-0.2, -0.15) is 0 Å². The van der Waals surface area contributed by atoms with E-state index in [0.29, 0.717) is 0 Å². The molecule has 0 saturated heterocycles. The summed E-state index contributed by atoms with van der Waals surface area (Å²) in [6.07, 6.45) is 7.31. The third kappa shape index (κ3) is 4.41. The van der Waals surface area contributed by atoms with Crippen molar-refractivity contribution in [2.24, 2.45) is 11.7 Å². The van der Waals surface area contributed by atoms with Crippen LogP contribution in [0.1, 0.15) is 51.5 Å². The molecule has 0 aliphatic heterocycles. The van der Waals surface area contributed by atoms with Gasteiger partial charge in [-0.15, -0.1) is 11.8 Å². The van der Waals surface area contributed by atoms with Crippen LogP contribution in [0.5, 0.6) is 0 Å². The van der Waals surface area contributed by atoms with Crippen LogP contribution < -0.4 is 5.73 Å². The van der Waals surface area contributed by atoms with Gasteiger partial charge in [-0.25, -0.2) is 0 Å². The van der Waals surface area contributed by atoms with Crippen molar-refractivity contribution in [3.8, 4) is 0 Å². The van der Waals surface area contributed by atoms with Crippen LogP contribution in [0.3, 0.4) is 0 Å². The van der Waals surface area contributed by atoms with Crippen molar-refractivity contribution in [1.29, 1.82) is 0 Å². The van der Waals surface area contributed by atoms with Gasteiger partial charge >= 0.3 is 0 Å². The fourth-order valence-corrected chi connectivity index (χ4v) is 4.78. The van der Waals surface area contributed by atoms with E-state index in [1.54, 1.807) is 0 Å². The molecule has 3 atom stereocenters. The molecule has 1 fully saturated rings. The number of rotatable bonds is 5. The fraction of sp³-hybridized carbons (Fsp3) is 0.647. The molecule has 2 rings (SSSR count). The van der Waals surface area contributed by atoms with Gasteiger partial charge in [0.2, 0.25) is 0 Å². The van der Waals surface area contributed by atoms with Gasteiger partial charge in [-0.3, -0.25) is 0 Å². The molecular formula is C17H26ClNS. The molecule has 0 amide bonds. The van der Waals surface area contributed by atoms with Crippen LogP contribution in [-0.4, -0.2) is 11.3 Å². The van der Waals surface area contributed by atoms with E-state index in [4.69, 9.17) is 17.3 Å². The fourth-order valence-electron chi connectivity index (χ4n) is 2.93. The topological polar surface area (TPSA) is 26.0 Å². The van der Waals surface area contributed by atoms with E-state index in [-0.39, 0.29) is 6.04 Å². The van der Waals surface area contributed by atoms with Gasteiger partial charge in [-0.1, -0.05) is 50.4 Å². The van der Waals surface area contributed by atoms with Crippen LogP contribution in [0.2, 0.25) is 5.02 Å². The zero-order valence-corrected chi connectivity index (χ0v) is 14.1. The molecule has 3 heteroatoms. The second kappa shape index (κ2) is 7.72. The Bertz CT molecular complexity index is 435. The molecule has 3 unspecified atom stereocenters. The van der Waals surface area contributed by atoms with Gasteiger partial charge in [0.05, 0.1) is 5.02 Å². The molecule has 1 aliphatic carbocycles. The number of benzene rings is 1. The first-order valence-electron chi connectivity index (χ1n) is 7.79. The molecule has 1 aromatic carbocycles. The number of nitrogens with two attached hydrogens (primary N) is 1. The summed E-state index contributed by atoms with van der Waals surface area (Å²) in [6.45, 7) is 4.51. The Hall–Kier alpha value is -0.180. The molecule has 1 aliphatic rings. The van der Waals surface area contributed by atoms with Gasteiger partial charge in [-0.05, 0) is 43.2 Å². The van der Waals surface area contributed by atoms with Crippen molar-refractivity contribution in [3.05, 3.63) is 28.8 Å². The molecule has 1 aromatic rings. The molecule has 0 radical (unpaired) electrons. The lowest BCUT2D eigenvalue weighted by Crippen LogP contribution is -2.22. The Morgan fingerprint density at radius 2 is 2.20 bits per heavy atom. The van der Waals surface area contributed by atoms with E-state index in [1.807, 2.05) is 23.9 Å². The number of hydrogen-bond donors (Lipinski definition) is 1. The second-order valence-corrected chi connectivity index (χ2v) is 7.83. The van der Waals surface area contributed by atoms with Crippen LogP contribution in [0.25, 0.3) is 0 Å². The monoisotopic (exact) mass is 311 g/mol. The summed E-state index contributed by atoms with van der Waals surface area (Å²) in [5, 5.41) is 1.62. The zero-order chi connectivity index (χ0) is 14.5. The Morgan fingerprint density at radius 3 is 2.90 bits per heavy atom. The standard InChI is InChI=1S/C17H26ClNS/c1-3-14(19)11-13-7-5-9-16(18)17(13)20-15-8-4-6-12(2)10-15/h5,7,9,12,14-15H,3-4,6,8,10-11,19H2,1-2H3. The van der Waals surface area contributed by atoms with Crippen LogP contribution in [-0.2, 0) is 6.42 Å². The molecule has 1 nitrogen and oxygen atoms in total. The largest absolute Gasteiger partial charge is 0.327 e. The summed E-state index contributed by atoms with van der Waals surface area (Å²) < 4.78 is 0. The minimum absolute atomic E-state index is 0.234. The molecule has 2 N–H and O–H groups in total. The van der Waals surface area contributed by atoms with E-state index in [9.17, 15) is 0 Å². The number of hydrogen-bond acceptors (Lipinski definition) is 2. The Kier molecular flexibility index (Phi) is 6.25. The van der Waals surface area contributed by atoms with Crippen molar-refractivity contribution >= 4 is 23.4 Å². The van der Waals surface area contributed by atoms with Crippen molar-refractivity contribution < 1.29 is 0 Å². The summed E-state index contributed by atoms with van der Waals surface area (Å²) >= 11 is 8.44. The number of thioether (sulfide) groups is 1. The quantitative estimate of drug-likeness (QED) is 0.799. The second-order valence-electron chi connectivity index (χ2n) is 6.11. The molecule has 20 heavy (non-hydrogen) atoms. The Balaban J connectivity index is 2.12. The van der Waals surface area contributed by atoms with E-state index >= 15 is 0 Å². The summed E-state index contributed by atoms with van der Waals surface area (Å²) in [7, 11) is 0. The smallest absolute Gasteiger partial charge is 0.0544 e. The summed E-state index contributed by atoms with van der Waals surface area (Å²) in [4.78, 5) is 1.28. The van der Waals surface area contributed by atoms with Crippen molar-refractivity contribution in [3.63, 3.8) is 0 Å². The highest BCUT2D eigenvalue weighted by atomic mass is 35.5. The first-order chi connectivity index (χ1) is 9.60. The van der Waals surface area contributed by atoms with Crippen LogP contribution in [0.15, 0.2) is 23.1 Å². The van der Waals surface area contributed by atoms with Gasteiger partial charge in [0.1, 0.15) is 0 Å². The first-order valence-corrected chi connectivity index (χ1v) is 9.05. The molecule has 0 heterocycles. The van der Waals surface area contributed by atoms with E-state index < -0.39 is 0 Å². The lowest BCUT2D eigenvalue weighted by Gasteiger charge is -2.27. The minimum Gasteiger partial charge on any atom is -0.327 e. The maximum Gasteiger partial charge on any atom is 0.0544 e. The van der Waals surface area contributed by atoms with Gasteiger partial charge in [0.15, 0.2) is 0 Å². The van der Waals surface area contributed by atoms with Crippen molar-refractivity contribution in [1.82, 2.24) is 0 Å². The van der Waals surface area contributed by atoms with Gasteiger partial charge in [0, 0.05) is 16.2 Å². The lowest BCUT2D eigenvalue weighted by atomic mass is 9.91. The zero-order valence-electron chi connectivity index (χ0n) is 12.6. The average molecular weight is 312 g/mol. The maximum atomic E-state index is 6.45. The van der Waals surface area contributed by atoms with Crippen molar-refractivity contribution in [2.75, 3.05) is 0 Å². The SMILES string of the molecule is CCC(N)Cc1cccc(Cl)c1SC1CCCC(C)C1. The van der Waals surface area contributed by atoms with E-state index in [0.717, 1.165) is 29.0 Å². The predicted octanol–water partition coefficient (Wildman–Crippen LogP) is 5.29. The van der Waals surface area contributed by atoms with Crippen molar-refractivity contribution in [2.45, 2.75) is 68.6 Å². The normalized spacial score (nSPS) is 24.6. The first kappa shape index (κ1) is 16.2. The van der Waals surface area contributed by atoms with Crippen LogP contribution >= 0.6 is 23.4 Å². The minimum atomic E-state index is 0.234. The van der Waals surface area contributed by atoms with E-state index in [2.05, 4.69) is 19.9 Å². The summed E-state index contributed by atoms with van der Waals surface area (Å²) in [5.74, 6) is 0.852. The lowest BCUT2D eigenvalue weighted by molar-refractivity contribution is 0.394. The van der Waals surface area contributed by atoms with Crippen LogP contribution in [0, 0.1) is 5.92 Å². The molecular weight excluding hydrogens is 286 g/mol. The third-order valence-corrected chi connectivity index (χ3v) is 6.13. The van der Waals surface area contributed by atoms with E-state index in [1.165, 1.54) is 36.1 Å². The molecule has 0 spiro atoms. The molecule has 0 bridgehead atoms. The Labute approximate surface area is 132 Å². The van der Waals surface area contributed by atoms with Crippen LogP contribution in [0.4, 0.5) is 0 Å². The summed E-state index contributed by atoms with van der Waals surface area (Å²) in [6, 6.07) is 6.49. The highest BCUT2D eigenvalue weighted by molar-refractivity contribution is 8.00. The highest BCUT2D eigenvalue weighted by Gasteiger charge is 2.22. The molecule has 1 saturated carbocycles. The third-order valence-electron chi connectivity index (χ3n) is 4.23. The predicted molar refractivity (Wildman–Crippen MR) is 90.7 cm³/mol. The van der Waals surface area contributed by atoms with Gasteiger partial charge in [0.25, 0.3) is 0 Å².